The van der Waals surface area contributed by atoms with Gasteiger partial charge in [0.2, 0.25) is 5.95 Å². The van der Waals surface area contributed by atoms with E-state index in [0.717, 1.165) is 16.2 Å². The summed E-state index contributed by atoms with van der Waals surface area (Å²) in [6.45, 7) is 4.66. The van der Waals surface area contributed by atoms with Gasteiger partial charge in [0.05, 0.1) is 31.8 Å². The minimum Gasteiger partial charge on any atom is -0.377 e. The average molecular weight is 464 g/mol. The smallest absolute Gasteiger partial charge is 0.377 e. The van der Waals surface area contributed by atoms with E-state index in [0.29, 0.717) is 23.9 Å². The molecule has 2 aliphatic rings. The molecule has 0 aromatic carbocycles. The molecule has 164 valence electrons. The number of thiazole rings is 1. The predicted molar refractivity (Wildman–Crippen MR) is 108 cm³/mol. The first-order chi connectivity index (χ1) is 14.1. The van der Waals surface area contributed by atoms with Crippen LogP contribution in [0.1, 0.15) is 25.1 Å². The topological polar surface area (TPSA) is 63.5 Å². The van der Waals surface area contributed by atoms with Gasteiger partial charge in [-0.3, -0.25) is 9.36 Å². The van der Waals surface area contributed by atoms with Gasteiger partial charge in [0.25, 0.3) is 5.56 Å². The molecule has 1 fully saturated rings. The van der Waals surface area contributed by atoms with Crippen molar-refractivity contribution >= 4 is 34.7 Å². The van der Waals surface area contributed by atoms with Crippen LogP contribution in [-0.2, 0) is 17.8 Å². The van der Waals surface area contributed by atoms with Gasteiger partial charge in [-0.15, -0.1) is 11.3 Å². The van der Waals surface area contributed by atoms with Crippen LogP contribution in [0.5, 0.6) is 0 Å². The lowest BCUT2D eigenvalue weighted by atomic mass is 10.1. The van der Waals surface area contributed by atoms with Gasteiger partial charge in [0.15, 0.2) is 4.47 Å². The minimum absolute atomic E-state index is 0.0153. The second kappa shape index (κ2) is 8.01. The molecule has 30 heavy (non-hydrogen) atoms. The zero-order valence-corrected chi connectivity index (χ0v) is 18.0. The van der Waals surface area contributed by atoms with Crippen molar-refractivity contribution in [3.8, 4) is 0 Å². The van der Waals surface area contributed by atoms with E-state index in [1.165, 1.54) is 16.8 Å². The third-order valence-electron chi connectivity index (χ3n) is 5.40. The highest BCUT2D eigenvalue weighted by Gasteiger charge is 2.47. The molecule has 1 saturated heterocycles. The highest BCUT2D eigenvalue weighted by atomic mass is 35.5. The van der Waals surface area contributed by atoms with Crippen LogP contribution in [0.2, 0.25) is 4.47 Å². The average Bonchev–Trinajstić information content (AvgIpc) is 3.06. The summed E-state index contributed by atoms with van der Waals surface area (Å²) < 4.78 is 48.6. The Hall–Kier alpha value is -1.85. The Morgan fingerprint density at radius 3 is 2.60 bits per heavy atom. The Morgan fingerprint density at radius 1 is 1.30 bits per heavy atom. The van der Waals surface area contributed by atoms with E-state index in [9.17, 15) is 18.0 Å². The summed E-state index contributed by atoms with van der Waals surface area (Å²) in [6.07, 6.45) is -3.24. The maximum Gasteiger partial charge on any atom is 0.408 e. The van der Waals surface area contributed by atoms with E-state index in [-0.39, 0.29) is 47.6 Å². The number of nitrogens with zero attached hydrogens (tertiary/aromatic N) is 5. The summed E-state index contributed by atoms with van der Waals surface area (Å²) in [5.74, 6) is 0.381. The molecule has 0 saturated carbocycles. The molecule has 0 amide bonds. The van der Waals surface area contributed by atoms with Crippen LogP contribution in [0.4, 0.5) is 24.9 Å². The van der Waals surface area contributed by atoms with Gasteiger partial charge in [-0.05, 0) is 20.3 Å². The lowest BCUT2D eigenvalue weighted by molar-refractivity contribution is -0.153. The number of morpholine rings is 1. The SMILES string of the molecule is C[C@@H]1COC[C@@H](C)N1c1cc(=O)n2c(n1)N(Cc1cnc(Cl)s1)C(C(F)(F)F)CC2. The quantitative estimate of drug-likeness (QED) is 0.696. The molecule has 0 radical (unpaired) electrons. The van der Waals surface area contributed by atoms with Crippen LogP contribution in [0.3, 0.4) is 0 Å². The van der Waals surface area contributed by atoms with Crippen molar-refractivity contribution < 1.29 is 17.9 Å². The molecule has 2 aromatic rings. The fraction of sp³-hybridized carbons (Fsp3) is 0.611. The van der Waals surface area contributed by atoms with Crippen molar-refractivity contribution in [2.45, 2.75) is 57.7 Å². The summed E-state index contributed by atoms with van der Waals surface area (Å²) in [4.78, 5) is 24.9. The third kappa shape index (κ3) is 4.02. The zero-order valence-electron chi connectivity index (χ0n) is 16.4. The van der Waals surface area contributed by atoms with Crippen molar-refractivity contribution in [2.24, 2.45) is 0 Å². The number of alkyl halides is 3. The molecule has 0 N–H and O–H groups in total. The van der Waals surface area contributed by atoms with Crippen LogP contribution >= 0.6 is 22.9 Å². The molecular weight excluding hydrogens is 443 g/mol. The fourth-order valence-corrected chi connectivity index (χ4v) is 5.07. The molecular formula is C18H21ClF3N5O2S. The van der Waals surface area contributed by atoms with Gasteiger partial charge in [0, 0.05) is 23.7 Å². The summed E-state index contributed by atoms with van der Waals surface area (Å²) in [5.41, 5.74) is -0.367. The lowest BCUT2D eigenvalue weighted by Crippen LogP contribution is -2.53. The maximum absolute atomic E-state index is 13.9. The molecule has 7 nitrogen and oxygen atoms in total. The molecule has 1 unspecified atom stereocenters. The third-order valence-corrected chi connectivity index (χ3v) is 6.50. The fourth-order valence-electron chi connectivity index (χ4n) is 4.09. The molecule has 2 aliphatic heterocycles. The maximum atomic E-state index is 13.9. The van der Waals surface area contributed by atoms with Crippen LogP contribution in [0.15, 0.2) is 17.1 Å². The lowest BCUT2D eigenvalue weighted by Gasteiger charge is -2.42. The van der Waals surface area contributed by atoms with E-state index in [2.05, 4.69) is 9.97 Å². The van der Waals surface area contributed by atoms with E-state index in [1.807, 2.05) is 18.7 Å². The standard InChI is InChI=1S/C18H21ClF3N5O2S/c1-10-8-29-9-11(2)27(10)14-5-15(28)25-4-3-13(18(20,21)22)26(17(25)24-14)7-12-6-23-16(19)30-12/h5-6,10-11,13H,3-4,7-9H2,1-2H3/t10-,11-,13?/m1/s1. The van der Waals surface area contributed by atoms with Crippen molar-refractivity contribution in [1.29, 1.82) is 0 Å². The van der Waals surface area contributed by atoms with E-state index >= 15 is 0 Å². The van der Waals surface area contributed by atoms with E-state index < -0.39 is 12.2 Å². The predicted octanol–water partition coefficient (Wildman–Crippen LogP) is 3.31. The second-order valence-corrected chi connectivity index (χ2v) is 9.30. The van der Waals surface area contributed by atoms with Crippen molar-refractivity contribution in [3.63, 3.8) is 0 Å². The Balaban J connectivity index is 1.80. The van der Waals surface area contributed by atoms with Crippen LogP contribution < -0.4 is 15.4 Å². The highest BCUT2D eigenvalue weighted by Crippen LogP contribution is 2.36. The van der Waals surface area contributed by atoms with Gasteiger partial charge < -0.3 is 14.5 Å². The van der Waals surface area contributed by atoms with E-state index in [1.54, 1.807) is 0 Å². The zero-order chi connectivity index (χ0) is 21.6. The van der Waals surface area contributed by atoms with Gasteiger partial charge in [-0.25, -0.2) is 4.98 Å². The Labute approximate surface area is 180 Å². The van der Waals surface area contributed by atoms with Gasteiger partial charge in [-0.2, -0.15) is 18.2 Å². The number of ether oxygens (including phenoxy) is 1. The minimum atomic E-state index is -4.47. The largest absolute Gasteiger partial charge is 0.408 e. The molecule has 4 rings (SSSR count). The molecule has 12 heteroatoms. The van der Waals surface area contributed by atoms with Crippen molar-refractivity contribution in [3.05, 3.63) is 32.0 Å². The molecule has 3 atom stereocenters. The number of hydrogen-bond donors (Lipinski definition) is 0. The first-order valence-electron chi connectivity index (χ1n) is 9.56. The number of rotatable bonds is 3. The molecule has 0 aliphatic carbocycles. The van der Waals surface area contributed by atoms with E-state index in [4.69, 9.17) is 16.3 Å². The number of hydrogen-bond acceptors (Lipinski definition) is 7. The number of fused-ring (bicyclic) bond motifs is 1. The van der Waals surface area contributed by atoms with Gasteiger partial charge in [-0.1, -0.05) is 11.6 Å². The number of aromatic nitrogens is 3. The van der Waals surface area contributed by atoms with Crippen LogP contribution in [-0.4, -0.2) is 52.1 Å². The van der Waals surface area contributed by atoms with Crippen LogP contribution in [0.25, 0.3) is 0 Å². The number of anilines is 2. The Bertz CT molecular complexity index is 971. The molecule has 4 heterocycles. The second-order valence-electron chi connectivity index (χ2n) is 7.60. The van der Waals surface area contributed by atoms with Crippen molar-refractivity contribution in [2.75, 3.05) is 23.0 Å². The first-order valence-corrected chi connectivity index (χ1v) is 10.8. The summed E-state index contributed by atoms with van der Waals surface area (Å²) in [5, 5.41) is 0. The van der Waals surface area contributed by atoms with Crippen LogP contribution in [0, 0.1) is 0 Å². The van der Waals surface area contributed by atoms with Gasteiger partial charge in [0.1, 0.15) is 11.9 Å². The van der Waals surface area contributed by atoms with Crippen molar-refractivity contribution in [1.82, 2.24) is 14.5 Å². The number of halogens is 4. The summed E-state index contributed by atoms with van der Waals surface area (Å²) in [7, 11) is 0. The highest BCUT2D eigenvalue weighted by molar-refractivity contribution is 7.15. The molecule has 2 aromatic heterocycles. The first kappa shape index (κ1) is 21.4. The Morgan fingerprint density at radius 2 is 2.00 bits per heavy atom. The molecule has 0 bridgehead atoms. The monoisotopic (exact) mass is 463 g/mol. The summed E-state index contributed by atoms with van der Waals surface area (Å²) >= 11 is 6.98. The normalized spacial score (nSPS) is 24.8. The summed E-state index contributed by atoms with van der Waals surface area (Å²) in [6, 6.07) is -0.462. The van der Waals surface area contributed by atoms with Gasteiger partial charge >= 0.3 is 6.18 Å². The Kier molecular flexibility index (Phi) is 5.71. The molecule has 0 spiro atoms.